The van der Waals surface area contributed by atoms with Crippen molar-refractivity contribution >= 4 is 11.7 Å². The van der Waals surface area contributed by atoms with E-state index in [9.17, 15) is 19.8 Å². The number of carboxylic acid groups (broad SMARTS) is 1. The molecular weight excluding hydrogens is 382 g/mol. The second-order valence-corrected chi connectivity index (χ2v) is 7.81. The quantitative estimate of drug-likeness (QED) is 0.576. The number of H-pyrrole nitrogens is 1. The van der Waals surface area contributed by atoms with Crippen molar-refractivity contribution in [2.75, 3.05) is 18.0 Å². The topological polar surface area (TPSA) is 120 Å². The van der Waals surface area contributed by atoms with Gasteiger partial charge in [0.15, 0.2) is 5.56 Å². The minimum absolute atomic E-state index is 0.294. The van der Waals surface area contributed by atoms with Gasteiger partial charge in [-0.05, 0) is 48.8 Å². The fourth-order valence-corrected chi connectivity index (χ4v) is 4.77. The average Bonchev–Trinajstić information content (AvgIpc) is 3.31. The monoisotopic (exact) mass is 409 g/mol. The summed E-state index contributed by atoms with van der Waals surface area (Å²) in [4.78, 5) is 28.4. The maximum absolute atomic E-state index is 12.1. The summed E-state index contributed by atoms with van der Waals surface area (Å²) in [6, 6.07) is 8.09. The number of nitrogens with one attached hydrogen (secondary N) is 1. The summed E-state index contributed by atoms with van der Waals surface area (Å²) in [7, 11) is 0. The lowest BCUT2D eigenvalue weighted by atomic mass is 9.98. The SMILES string of the molecule is C#C.CCc1c(-c2ccc(N3CC4[C@H](CC[C@H]4N)C3)cc2)[nH]c(=O)c(C(=O)O)c1O. The molecule has 2 heterocycles. The summed E-state index contributed by atoms with van der Waals surface area (Å²) in [5, 5.41) is 19.5. The van der Waals surface area contributed by atoms with Crippen LogP contribution in [0.4, 0.5) is 5.69 Å². The number of aromatic nitrogens is 1. The highest BCUT2D eigenvalue weighted by atomic mass is 16.4. The smallest absolute Gasteiger partial charge is 0.345 e. The number of nitrogens with zero attached hydrogens (tertiary/aromatic N) is 1. The van der Waals surface area contributed by atoms with Crippen LogP contribution in [0, 0.1) is 24.7 Å². The summed E-state index contributed by atoms with van der Waals surface area (Å²) in [5.41, 5.74) is 7.54. The highest BCUT2D eigenvalue weighted by Gasteiger charge is 2.40. The molecule has 3 atom stereocenters. The van der Waals surface area contributed by atoms with Gasteiger partial charge >= 0.3 is 5.97 Å². The normalized spacial score (nSPS) is 22.3. The van der Waals surface area contributed by atoms with Crippen LogP contribution in [0.15, 0.2) is 29.1 Å². The number of terminal acetylenes is 1. The van der Waals surface area contributed by atoms with E-state index in [1.54, 1.807) is 0 Å². The minimum Gasteiger partial charge on any atom is -0.506 e. The number of rotatable bonds is 4. The van der Waals surface area contributed by atoms with Gasteiger partial charge in [0.25, 0.3) is 5.56 Å². The van der Waals surface area contributed by atoms with Gasteiger partial charge in [0, 0.05) is 30.4 Å². The molecule has 4 rings (SSSR count). The largest absolute Gasteiger partial charge is 0.506 e. The first-order chi connectivity index (χ1) is 14.4. The van der Waals surface area contributed by atoms with Gasteiger partial charge in [0.1, 0.15) is 5.75 Å². The molecule has 0 spiro atoms. The van der Waals surface area contributed by atoms with E-state index in [-0.39, 0.29) is 0 Å². The van der Waals surface area contributed by atoms with Crippen LogP contribution in [0.5, 0.6) is 5.75 Å². The van der Waals surface area contributed by atoms with E-state index in [1.165, 1.54) is 6.42 Å². The molecular formula is C23H27N3O4. The zero-order valence-electron chi connectivity index (χ0n) is 17.0. The van der Waals surface area contributed by atoms with Crippen molar-refractivity contribution < 1.29 is 15.0 Å². The van der Waals surface area contributed by atoms with Crippen LogP contribution in [0.3, 0.4) is 0 Å². The fourth-order valence-electron chi connectivity index (χ4n) is 4.77. The minimum atomic E-state index is -1.44. The molecule has 7 heteroatoms. The molecule has 0 bridgehead atoms. The van der Waals surface area contributed by atoms with Crippen molar-refractivity contribution in [2.45, 2.75) is 32.2 Å². The van der Waals surface area contributed by atoms with E-state index in [1.807, 2.05) is 31.2 Å². The Bertz CT molecular complexity index is 1010. The first-order valence-electron chi connectivity index (χ1n) is 10.1. The Morgan fingerprint density at radius 2 is 1.90 bits per heavy atom. The number of aromatic hydroxyl groups is 1. The van der Waals surface area contributed by atoms with Crippen molar-refractivity contribution in [1.29, 1.82) is 0 Å². The zero-order chi connectivity index (χ0) is 22.0. The van der Waals surface area contributed by atoms with E-state index in [4.69, 9.17) is 5.73 Å². The van der Waals surface area contributed by atoms with Crippen LogP contribution >= 0.6 is 0 Å². The van der Waals surface area contributed by atoms with Gasteiger partial charge in [-0.1, -0.05) is 19.1 Å². The lowest BCUT2D eigenvalue weighted by Crippen LogP contribution is -2.30. The number of nitrogens with two attached hydrogens (primary N) is 1. The fraction of sp³-hybridized carbons (Fsp3) is 0.391. The van der Waals surface area contributed by atoms with Crippen molar-refractivity contribution in [2.24, 2.45) is 17.6 Å². The third-order valence-corrected chi connectivity index (χ3v) is 6.29. The summed E-state index contributed by atoms with van der Waals surface area (Å²) < 4.78 is 0. The maximum Gasteiger partial charge on any atom is 0.345 e. The molecule has 2 aromatic rings. The molecule has 0 amide bonds. The third kappa shape index (κ3) is 3.66. The van der Waals surface area contributed by atoms with Gasteiger partial charge in [-0.3, -0.25) is 4.79 Å². The van der Waals surface area contributed by atoms with Gasteiger partial charge in [-0.15, -0.1) is 12.8 Å². The summed E-state index contributed by atoms with van der Waals surface area (Å²) in [5.74, 6) is -0.672. The van der Waals surface area contributed by atoms with E-state index in [2.05, 4.69) is 22.7 Å². The number of anilines is 1. The van der Waals surface area contributed by atoms with Crippen LogP contribution < -0.4 is 16.2 Å². The number of benzene rings is 1. The molecule has 1 aromatic heterocycles. The highest BCUT2D eigenvalue weighted by Crippen LogP contribution is 2.39. The molecule has 1 unspecified atom stereocenters. The van der Waals surface area contributed by atoms with Crippen molar-refractivity contribution in [3.63, 3.8) is 0 Å². The zero-order valence-corrected chi connectivity index (χ0v) is 17.0. The number of carboxylic acids is 1. The molecule has 2 aliphatic rings. The number of hydrogen-bond donors (Lipinski definition) is 4. The van der Waals surface area contributed by atoms with E-state index < -0.39 is 22.8 Å². The Hall–Kier alpha value is -3.24. The van der Waals surface area contributed by atoms with Crippen LogP contribution in [0.2, 0.25) is 0 Å². The number of aromatic amines is 1. The van der Waals surface area contributed by atoms with Gasteiger partial charge in [0.05, 0.1) is 5.69 Å². The Labute approximate surface area is 175 Å². The molecule has 1 aromatic carbocycles. The number of carbonyl (C=O) groups is 1. The van der Waals surface area contributed by atoms with Crippen LogP contribution in [-0.2, 0) is 6.42 Å². The lowest BCUT2D eigenvalue weighted by Gasteiger charge is -2.21. The molecule has 0 radical (unpaired) electrons. The molecule has 30 heavy (non-hydrogen) atoms. The molecule has 1 saturated heterocycles. The average molecular weight is 409 g/mol. The molecule has 1 aliphatic heterocycles. The third-order valence-electron chi connectivity index (χ3n) is 6.29. The number of hydrogen-bond acceptors (Lipinski definition) is 5. The van der Waals surface area contributed by atoms with Gasteiger partial charge < -0.3 is 25.8 Å². The van der Waals surface area contributed by atoms with Gasteiger partial charge in [0.2, 0.25) is 0 Å². The molecule has 158 valence electrons. The van der Waals surface area contributed by atoms with Crippen LogP contribution in [0.25, 0.3) is 11.3 Å². The lowest BCUT2D eigenvalue weighted by molar-refractivity contribution is 0.0691. The van der Waals surface area contributed by atoms with Crippen LogP contribution in [0.1, 0.15) is 35.7 Å². The predicted molar refractivity (Wildman–Crippen MR) is 117 cm³/mol. The molecule has 7 nitrogen and oxygen atoms in total. The first-order valence-corrected chi connectivity index (χ1v) is 10.1. The van der Waals surface area contributed by atoms with E-state index in [0.717, 1.165) is 30.8 Å². The van der Waals surface area contributed by atoms with E-state index in [0.29, 0.717) is 35.6 Å². The predicted octanol–water partition coefficient (Wildman–Crippen LogP) is 2.43. The number of fused-ring (bicyclic) bond motifs is 1. The molecule has 1 saturated carbocycles. The van der Waals surface area contributed by atoms with E-state index >= 15 is 0 Å². The Kier molecular flexibility index (Phi) is 6.18. The Morgan fingerprint density at radius 1 is 1.23 bits per heavy atom. The molecule has 1 aliphatic carbocycles. The molecule has 5 N–H and O–H groups in total. The molecule has 2 fully saturated rings. The van der Waals surface area contributed by atoms with Crippen molar-refractivity contribution in [3.05, 3.63) is 45.7 Å². The number of pyridine rings is 1. The summed E-state index contributed by atoms with van der Waals surface area (Å²) in [6.45, 7) is 3.79. The number of aromatic carboxylic acids is 1. The van der Waals surface area contributed by atoms with Crippen LogP contribution in [-0.4, -0.2) is 40.3 Å². The summed E-state index contributed by atoms with van der Waals surface area (Å²) >= 11 is 0. The van der Waals surface area contributed by atoms with Crippen molar-refractivity contribution in [1.82, 2.24) is 4.98 Å². The second-order valence-electron chi connectivity index (χ2n) is 7.81. The highest BCUT2D eigenvalue weighted by molar-refractivity contribution is 5.92. The van der Waals surface area contributed by atoms with Gasteiger partial charge in [-0.25, -0.2) is 4.79 Å². The first kappa shape index (κ1) is 21.5. The summed E-state index contributed by atoms with van der Waals surface area (Å²) in [6.07, 6.45) is 10.7. The maximum atomic E-state index is 12.1. The second kappa shape index (κ2) is 8.64. The van der Waals surface area contributed by atoms with Gasteiger partial charge in [-0.2, -0.15) is 0 Å². The van der Waals surface area contributed by atoms with Crippen molar-refractivity contribution in [3.8, 4) is 29.9 Å². The Balaban J connectivity index is 0.00000124. The Morgan fingerprint density at radius 3 is 2.47 bits per heavy atom. The standard InChI is InChI=1S/C21H25N3O4.C2H2/c1-2-14-18(23-20(26)17(19(14)25)21(27)28)11-3-6-13(7-4-11)24-9-12-5-8-16(22)15(12)10-24;1-2/h3-4,6-7,12,15-16H,2,5,8-10,22H2,1H3,(H,27,28)(H2,23,25,26);1-2H/t12-,15?,16-;/m1./s1.